The number of carbonyl (C=O) groups is 1. The van der Waals surface area contributed by atoms with E-state index >= 15 is 0 Å². The molecule has 1 aromatic rings. The second-order valence-electron chi connectivity index (χ2n) is 3.04. The lowest BCUT2D eigenvalue weighted by atomic mass is 10.2. The second-order valence-corrected chi connectivity index (χ2v) is 3.04. The Bertz CT molecular complexity index is 353. The summed E-state index contributed by atoms with van der Waals surface area (Å²) in [5.74, 6) is -0.0305. The van der Waals surface area contributed by atoms with Gasteiger partial charge in [0.25, 0.3) is 0 Å². The third-order valence-electron chi connectivity index (χ3n) is 1.85. The Balaban J connectivity index is 2.70. The molecule has 0 aliphatic carbocycles. The zero-order valence-electron chi connectivity index (χ0n) is 8.27. The summed E-state index contributed by atoms with van der Waals surface area (Å²) >= 11 is 0. The molecule has 15 heavy (non-hydrogen) atoms. The molecule has 0 spiro atoms. The van der Waals surface area contributed by atoms with Crippen molar-refractivity contribution < 1.29 is 14.6 Å². The van der Waals surface area contributed by atoms with E-state index in [2.05, 4.69) is 0 Å². The molecule has 1 aromatic carbocycles. The number of ether oxygens (including phenoxy) is 1. The maximum Gasteiger partial charge on any atom is 0.248 e. The fraction of sp³-hybridized carbons (Fsp3) is 0.300. The molecule has 5 heteroatoms. The largest absolute Gasteiger partial charge is 0.491 e. The van der Waals surface area contributed by atoms with Gasteiger partial charge in [-0.3, -0.25) is 4.79 Å². The summed E-state index contributed by atoms with van der Waals surface area (Å²) in [5, 5.41) is 8.56. The lowest BCUT2D eigenvalue weighted by molar-refractivity contribution is 0.100. The standard InChI is InChI=1S/C10H14N2O3/c11-8-6-7(10(12)14)2-3-9(8)15-5-1-4-13/h2-3,6,13H,1,4-5,11H2,(H2,12,14). The van der Waals surface area contributed by atoms with E-state index in [1.54, 1.807) is 12.1 Å². The van der Waals surface area contributed by atoms with Crippen molar-refractivity contribution in [1.82, 2.24) is 0 Å². The Morgan fingerprint density at radius 3 is 2.73 bits per heavy atom. The number of nitrogens with two attached hydrogens (primary N) is 2. The van der Waals surface area contributed by atoms with Gasteiger partial charge >= 0.3 is 0 Å². The fourth-order valence-electron chi connectivity index (χ4n) is 1.08. The number of benzene rings is 1. The van der Waals surface area contributed by atoms with Gasteiger partial charge in [-0.05, 0) is 18.2 Å². The first-order chi connectivity index (χ1) is 7.15. The van der Waals surface area contributed by atoms with E-state index in [0.29, 0.717) is 30.0 Å². The van der Waals surface area contributed by atoms with Crippen LogP contribution in [0, 0.1) is 0 Å². The number of rotatable bonds is 5. The number of hydrogen-bond acceptors (Lipinski definition) is 4. The van der Waals surface area contributed by atoms with E-state index in [9.17, 15) is 4.79 Å². The minimum absolute atomic E-state index is 0.0687. The average Bonchev–Trinajstić information content (AvgIpc) is 2.20. The first-order valence-corrected chi connectivity index (χ1v) is 4.58. The van der Waals surface area contributed by atoms with E-state index in [1.165, 1.54) is 6.07 Å². The molecule has 1 rings (SSSR count). The lowest BCUT2D eigenvalue weighted by Gasteiger charge is -2.08. The van der Waals surface area contributed by atoms with Crippen LogP contribution in [0.1, 0.15) is 16.8 Å². The van der Waals surface area contributed by atoms with Gasteiger partial charge in [-0.1, -0.05) is 0 Å². The molecule has 82 valence electrons. The lowest BCUT2D eigenvalue weighted by Crippen LogP contribution is -2.11. The quantitative estimate of drug-likeness (QED) is 0.475. The summed E-state index contributed by atoms with van der Waals surface area (Å²) < 4.78 is 5.27. The number of primary amides is 1. The zero-order chi connectivity index (χ0) is 11.3. The minimum atomic E-state index is -0.524. The molecule has 0 bridgehead atoms. The van der Waals surface area contributed by atoms with Crippen molar-refractivity contribution in [3.8, 4) is 5.75 Å². The first-order valence-electron chi connectivity index (χ1n) is 4.58. The van der Waals surface area contributed by atoms with Crippen LogP contribution in [-0.4, -0.2) is 24.2 Å². The summed E-state index contributed by atoms with van der Waals surface area (Å²) in [6.07, 6.45) is 0.539. The molecule has 0 saturated carbocycles. The Labute approximate surface area is 87.6 Å². The molecule has 0 radical (unpaired) electrons. The van der Waals surface area contributed by atoms with Gasteiger partial charge in [0.2, 0.25) is 5.91 Å². The van der Waals surface area contributed by atoms with Crippen molar-refractivity contribution in [2.75, 3.05) is 18.9 Å². The molecular formula is C10H14N2O3. The van der Waals surface area contributed by atoms with Crippen LogP contribution in [0.15, 0.2) is 18.2 Å². The van der Waals surface area contributed by atoms with Gasteiger partial charge in [0.05, 0.1) is 12.3 Å². The summed E-state index contributed by atoms with van der Waals surface area (Å²) in [4.78, 5) is 10.8. The number of amides is 1. The van der Waals surface area contributed by atoms with Crippen molar-refractivity contribution in [2.24, 2.45) is 5.73 Å². The van der Waals surface area contributed by atoms with Crippen molar-refractivity contribution in [3.05, 3.63) is 23.8 Å². The van der Waals surface area contributed by atoms with Crippen LogP contribution in [0.5, 0.6) is 5.75 Å². The van der Waals surface area contributed by atoms with Crippen molar-refractivity contribution in [3.63, 3.8) is 0 Å². The second kappa shape index (κ2) is 5.21. The molecule has 0 saturated heterocycles. The third kappa shape index (κ3) is 3.14. The molecule has 1 amide bonds. The van der Waals surface area contributed by atoms with Gasteiger partial charge in [-0.25, -0.2) is 0 Å². The highest BCUT2D eigenvalue weighted by molar-refractivity contribution is 5.94. The number of carbonyl (C=O) groups excluding carboxylic acids is 1. The summed E-state index contributed by atoms with van der Waals surface area (Å²) in [6, 6.07) is 4.61. The number of anilines is 1. The highest BCUT2D eigenvalue weighted by Gasteiger charge is 2.05. The molecular weight excluding hydrogens is 196 g/mol. The SMILES string of the molecule is NC(=O)c1ccc(OCCCO)c(N)c1. The Morgan fingerprint density at radius 1 is 1.47 bits per heavy atom. The number of aliphatic hydroxyl groups excluding tert-OH is 1. The van der Waals surface area contributed by atoms with Crippen LogP contribution >= 0.6 is 0 Å². The van der Waals surface area contributed by atoms with Crippen LogP contribution in [0.4, 0.5) is 5.69 Å². The van der Waals surface area contributed by atoms with E-state index in [-0.39, 0.29) is 6.61 Å². The molecule has 0 aliphatic rings. The Hall–Kier alpha value is -1.75. The van der Waals surface area contributed by atoms with Crippen LogP contribution in [-0.2, 0) is 0 Å². The zero-order valence-corrected chi connectivity index (χ0v) is 8.27. The van der Waals surface area contributed by atoms with Crippen LogP contribution < -0.4 is 16.2 Å². The van der Waals surface area contributed by atoms with Crippen molar-refractivity contribution >= 4 is 11.6 Å². The summed E-state index contributed by atoms with van der Waals surface area (Å²) in [6.45, 7) is 0.454. The van der Waals surface area contributed by atoms with Crippen LogP contribution in [0.2, 0.25) is 0 Å². The normalized spacial score (nSPS) is 9.93. The van der Waals surface area contributed by atoms with Gasteiger partial charge in [0, 0.05) is 18.6 Å². The molecule has 0 fully saturated rings. The van der Waals surface area contributed by atoms with Crippen LogP contribution in [0.3, 0.4) is 0 Å². The van der Waals surface area contributed by atoms with E-state index in [4.69, 9.17) is 21.3 Å². The highest BCUT2D eigenvalue weighted by Crippen LogP contribution is 2.22. The highest BCUT2D eigenvalue weighted by atomic mass is 16.5. The van der Waals surface area contributed by atoms with Gasteiger partial charge in [-0.15, -0.1) is 0 Å². The molecule has 0 aromatic heterocycles. The average molecular weight is 210 g/mol. The predicted molar refractivity (Wildman–Crippen MR) is 56.6 cm³/mol. The Kier molecular flexibility index (Phi) is 3.93. The topological polar surface area (TPSA) is 98.6 Å². The minimum Gasteiger partial charge on any atom is -0.491 e. The molecule has 0 unspecified atom stereocenters. The molecule has 5 N–H and O–H groups in total. The number of hydrogen-bond donors (Lipinski definition) is 3. The van der Waals surface area contributed by atoms with Gasteiger partial charge < -0.3 is 21.3 Å². The van der Waals surface area contributed by atoms with Crippen molar-refractivity contribution in [2.45, 2.75) is 6.42 Å². The fourth-order valence-corrected chi connectivity index (χ4v) is 1.08. The summed E-state index contributed by atoms with van der Waals surface area (Å²) in [5.41, 5.74) is 11.4. The van der Waals surface area contributed by atoms with E-state index < -0.39 is 5.91 Å². The predicted octanol–water partition coefficient (Wildman–Crippen LogP) is 0.129. The Morgan fingerprint density at radius 2 is 2.20 bits per heavy atom. The van der Waals surface area contributed by atoms with Crippen LogP contribution in [0.25, 0.3) is 0 Å². The summed E-state index contributed by atoms with van der Waals surface area (Å²) in [7, 11) is 0. The van der Waals surface area contributed by atoms with E-state index in [1.807, 2.05) is 0 Å². The van der Waals surface area contributed by atoms with E-state index in [0.717, 1.165) is 0 Å². The third-order valence-corrected chi connectivity index (χ3v) is 1.85. The number of aliphatic hydroxyl groups is 1. The smallest absolute Gasteiger partial charge is 0.248 e. The maximum atomic E-state index is 10.8. The van der Waals surface area contributed by atoms with Crippen molar-refractivity contribution in [1.29, 1.82) is 0 Å². The molecule has 5 nitrogen and oxygen atoms in total. The number of nitrogen functional groups attached to an aromatic ring is 1. The first kappa shape index (κ1) is 11.3. The molecule has 0 atom stereocenters. The van der Waals surface area contributed by atoms with Gasteiger partial charge in [0.1, 0.15) is 5.75 Å². The molecule has 0 heterocycles. The monoisotopic (exact) mass is 210 g/mol. The van der Waals surface area contributed by atoms with Gasteiger partial charge in [0.15, 0.2) is 0 Å². The molecule has 0 aliphatic heterocycles. The van der Waals surface area contributed by atoms with Gasteiger partial charge in [-0.2, -0.15) is 0 Å². The maximum absolute atomic E-state index is 10.8.